The Balaban J connectivity index is 1.55. The summed E-state index contributed by atoms with van der Waals surface area (Å²) in [7, 11) is 0. The van der Waals surface area contributed by atoms with Gasteiger partial charge in [0.25, 0.3) is 0 Å². The molecule has 3 aliphatic carbocycles. The average molecular weight is 446 g/mol. The highest BCUT2D eigenvalue weighted by Crippen LogP contribution is 2.65. The number of hydrogen-bond acceptors (Lipinski definition) is 3. The number of amides is 4. The van der Waals surface area contributed by atoms with Gasteiger partial charge >= 0.3 is 6.03 Å². The number of imide groups is 1. The largest absolute Gasteiger partial charge is 0.353 e. The zero-order chi connectivity index (χ0) is 23.4. The van der Waals surface area contributed by atoms with E-state index in [2.05, 4.69) is 24.5 Å². The van der Waals surface area contributed by atoms with E-state index < -0.39 is 0 Å². The molecule has 4 amide bonds. The Morgan fingerprint density at radius 3 is 2.31 bits per heavy atom. The molecule has 6 nitrogen and oxygen atoms in total. The van der Waals surface area contributed by atoms with Crippen molar-refractivity contribution < 1.29 is 14.4 Å². The highest BCUT2D eigenvalue weighted by molar-refractivity contribution is 5.96. The molecule has 180 valence electrons. The average Bonchev–Trinajstić information content (AvgIpc) is 3.05. The van der Waals surface area contributed by atoms with Crippen molar-refractivity contribution >= 4 is 17.8 Å². The van der Waals surface area contributed by atoms with Crippen molar-refractivity contribution in [2.75, 3.05) is 0 Å². The Morgan fingerprint density at radius 1 is 0.969 bits per heavy atom. The molecule has 4 aliphatic rings. The first-order valence-electron chi connectivity index (χ1n) is 12.9. The fourth-order valence-electron chi connectivity index (χ4n) is 8.18. The smallest absolute Gasteiger partial charge is 0.324 e. The quantitative estimate of drug-likeness (QED) is 0.672. The van der Waals surface area contributed by atoms with Crippen LogP contribution in [-0.4, -0.2) is 40.9 Å². The molecule has 6 heteroatoms. The summed E-state index contributed by atoms with van der Waals surface area (Å²) in [5.41, 5.74) is 0.145. The van der Waals surface area contributed by atoms with Crippen LogP contribution in [-0.2, 0) is 9.59 Å². The van der Waals surface area contributed by atoms with Crippen molar-refractivity contribution in [1.82, 2.24) is 15.5 Å². The zero-order valence-electron chi connectivity index (χ0n) is 20.9. The van der Waals surface area contributed by atoms with E-state index in [-0.39, 0.29) is 46.7 Å². The van der Waals surface area contributed by atoms with Gasteiger partial charge in [0.15, 0.2) is 0 Å². The molecule has 0 aromatic rings. The van der Waals surface area contributed by atoms with Crippen LogP contribution in [0.25, 0.3) is 0 Å². The standard InChI is InChI=1S/C26H43N3O3/c1-15(2)27-24(32)29(16(3)4)23(31)20-9-8-18-17-7-10-21-26(6,14-12-22(30)28-21)19(17)11-13-25(18,20)5/h15-21H,7-14H2,1-6H3,(H,27,32)(H,28,30)/t17-,18-,19+,20?,21?,25-,26+/m0/s1. The molecule has 7 atom stereocenters. The van der Waals surface area contributed by atoms with Crippen LogP contribution in [0, 0.1) is 34.5 Å². The molecule has 0 bridgehead atoms. The summed E-state index contributed by atoms with van der Waals surface area (Å²) in [6.45, 7) is 12.5. The highest BCUT2D eigenvalue weighted by Gasteiger charge is 2.62. The maximum Gasteiger partial charge on any atom is 0.324 e. The van der Waals surface area contributed by atoms with Crippen LogP contribution in [0.1, 0.15) is 92.9 Å². The van der Waals surface area contributed by atoms with Gasteiger partial charge in [-0.25, -0.2) is 4.79 Å². The maximum atomic E-state index is 13.8. The Kier molecular flexibility index (Phi) is 6.13. The Bertz CT molecular complexity index is 780. The van der Waals surface area contributed by atoms with Gasteiger partial charge in [0.1, 0.15) is 0 Å². The molecule has 1 heterocycles. The van der Waals surface area contributed by atoms with E-state index in [1.165, 1.54) is 4.90 Å². The molecular formula is C26H43N3O3. The number of nitrogens with zero attached hydrogens (tertiary/aromatic N) is 1. The summed E-state index contributed by atoms with van der Waals surface area (Å²) < 4.78 is 0. The normalized spacial score (nSPS) is 40.9. The van der Waals surface area contributed by atoms with Gasteiger partial charge in [-0.15, -0.1) is 0 Å². The molecule has 2 unspecified atom stereocenters. The lowest BCUT2D eigenvalue weighted by molar-refractivity contribution is -0.146. The number of carbonyl (C=O) groups excluding carboxylic acids is 3. The minimum atomic E-state index is -0.258. The fourth-order valence-corrected chi connectivity index (χ4v) is 8.18. The van der Waals surface area contributed by atoms with Gasteiger partial charge in [0, 0.05) is 30.5 Å². The maximum absolute atomic E-state index is 13.8. The van der Waals surface area contributed by atoms with Crippen LogP contribution in [0.15, 0.2) is 0 Å². The molecule has 0 spiro atoms. The lowest BCUT2D eigenvalue weighted by atomic mass is 9.47. The first-order valence-corrected chi connectivity index (χ1v) is 12.9. The van der Waals surface area contributed by atoms with E-state index in [1.54, 1.807) is 0 Å². The van der Waals surface area contributed by atoms with E-state index in [0.29, 0.717) is 30.2 Å². The van der Waals surface area contributed by atoms with Crippen LogP contribution in [0.3, 0.4) is 0 Å². The SMILES string of the molecule is CC(C)NC(=O)N(C(=O)C1CC[C@H]2[C@@H]3CCC4NC(=O)CC[C@]4(C)[C@@H]3CC[C@]12C)C(C)C. The van der Waals surface area contributed by atoms with E-state index in [9.17, 15) is 14.4 Å². The first kappa shape index (κ1) is 23.6. The van der Waals surface area contributed by atoms with Gasteiger partial charge in [-0.1, -0.05) is 13.8 Å². The van der Waals surface area contributed by atoms with Crippen molar-refractivity contribution in [3.8, 4) is 0 Å². The van der Waals surface area contributed by atoms with Crippen LogP contribution < -0.4 is 10.6 Å². The molecule has 0 aromatic heterocycles. The summed E-state index contributed by atoms with van der Waals surface area (Å²) in [6, 6.07) is -0.0951. The minimum Gasteiger partial charge on any atom is -0.353 e. The molecule has 32 heavy (non-hydrogen) atoms. The molecule has 3 saturated carbocycles. The van der Waals surface area contributed by atoms with Crippen LogP contribution in [0.4, 0.5) is 4.79 Å². The summed E-state index contributed by atoms with van der Waals surface area (Å²) in [4.78, 5) is 40.2. The molecule has 2 N–H and O–H groups in total. The summed E-state index contributed by atoms with van der Waals surface area (Å²) >= 11 is 0. The number of fused-ring (bicyclic) bond motifs is 5. The molecule has 4 fully saturated rings. The summed E-state index contributed by atoms with van der Waals surface area (Å²) in [6.07, 6.45) is 7.99. The zero-order valence-corrected chi connectivity index (χ0v) is 20.9. The van der Waals surface area contributed by atoms with Gasteiger partial charge in [-0.05, 0) is 101 Å². The molecule has 1 saturated heterocycles. The van der Waals surface area contributed by atoms with Crippen molar-refractivity contribution in [3.05, 3.63) is 0 Å². The van der Waals surface area contributed by atoms with Gasteiger partial charge in [0.05, 0.1) is 0 Å². The van der Waals surface area contributed by atoms with Gasteiger partial charge in [-0.3, -0.25) is 14.5 Å². The Hall–Kier alpha value is -1.59. The molecule has 0 radical (unpaired) electrons. The van der Waals surface area contributed by atoms with Crippen LogP contribution in [0.5, 0.6) is 0 Å². The number of urea groups is 1. The third kappa shape index (κ3) is 3.66. The van der Waals surface area contributed by atoms with E-state index in [1.807, 2.05) is 27.7 Å². The van der Waals surface area contributed by atoms with E-state index in [0.717, 1.165) is 44.9 Å². The van der Waals surface area contributed by atoms with E-state index >= 15 is 0 Å². The topological polar surface area (TPSA) is 78.5 Å². The molecule has 0 aromatic carbocycles. The monoisotopic (exact) mass is 445 g/mol. The second-order valence-corrected chi connectivity index (χ2v) is 12.2. The third-order valence-electron chi connectivity index (χ3n) is 9.78. The number of nitrogens with one attached hydrogen (secondary N) is 2. The molecule has 4 rings (SSSR count). The second kappa shape index (κ2) is 8.32. The number of hydrogen-bond donors (Lipinski definition) is 2. The van der Waals surface area contributed by atoms with Crippen LogP contribution >= 0.6 is 0 Å². The fraction of sp³-hybridized carbons (Fsp3) is 0.885. The van der Waals surface area contributed by atoms with Crippen molar-refractivity contribution in [1.29, 1.82) is 0 Å². The minimum absolute atomic E-state index is 0.00538. The predicted octanol–water partition coefficient (Wildman–Crippen LogP) is 4.48. The molecule has 1 aliphatic heterocycles. The predicted molar refractivity (Wildman–Crippen MR) is 125 cm³/mol. The summed E-state index contributed by atoms with van der Waals surface area (Å²) in [5.74, 6) is 1.94. The third-order valence-corrected chi connectivity index (χ3v) is 9.78. The number of piperidine rings is 1. The number of rotatable bonds is 3. The lowest BCUT2D eigenvalue weighted by Gasteiger charge is -2.60. The molecular weight excluding hydrogens is 402 g/mol. The highest BCUT2D eigenvalue weighted by atomic mass is 16.2. The van der Waals surface area contributed by atoms with Gasteiger partial charge in [-0.2, -0.15) is 0 Å². The Labute approximate surface area is 193 Å². The van der Waals surface area contributed by atoms with Crippen molar-refractivity contribution in [2.45, 2.75) is 111 Å². The van der Waals surface area contributed by atoms with Gasteiger partial charge in [0.2, 0.25) is 11.8 Å². The van der Waals surface area contributed by atoms with Crippen LogP contribution in [0.2, 0.25) is 0 Å². The first-order chi connectivity index (χ1) is 15.0. The number of carbonyl (C=O) groups is 3. The lowest BCUT2D eigenvalue weighted by Crippen LogP contribution is -2.61. The van der Waals surface area contributed by atoms with Crippen molar-refractivity contribution in [3.63, 3.8) is 0 Å². The van der Waals surface area contributed by atoms with E-state index in [4.69, 9.17) is 0 Å². The Morgan fingerprint density at radius 2 is 1.66 bits per heavy atom. The van der Waals surface area contributed by atoms with Gasteiger partial charge < -0.3 is 10.6 Å². The second-order valence-electron chi connectivity index (χ2n) is 12.2. The van der Waals surface area contributed by atoms with Crippen molar-refractivity contribution in [2.24, 2.45) is 34.5 Å². The summed E-state index contributed by atoms with van der Waals surface area (Å²) in [5, 5.41) is 6.23.